The summed E-state index contributed by atoms with van der Waals surface area (Å²) in [5, 5.41) is 8.18. The molecule has 0 spiro atoms. The molecule has 0 radical (unpaired) electrons. The summed E-state index contributed by atoms with van der Waals surface area (Å²) >= 11 is 0. The number of benzene rings is 1. The largest absolute Gasteiger partial charge is 0.497 e. The summed E-state index contributed by atoms with van der Waals surface area (Å²) in [4.78, 5) is 0. The fourth-order valence-electron chi connectivity index (χ4n) is 1.95. The van der Waals surface area contributed by atoms with Crippen molar-refractivity contribution in [1.82, 2.24) is 15.0 Å². The average molecular weight is 261 g/mol. The van der Waals surface area contributed by atoms with E-state index in [0.29, 0.717) is 0 Å². The van der Waals surface area contributed by atoms with Gasteiger partial charge in [-0.05, 0) is 43.5 Å². The summed E-state index contributed by atoms with van der Waals surface area (Å²) in [6.07, 6.45) is 3.67. The fraction of sp³-hybridized carbons (Fsp3) is 0.429. The van der Waals surface area contributed by atoms with Crippen molar-refractivity contribution in [2.24, 2.45) is 0 Å². The van der Waals surface area contributed by atoms with Crippen molar-refractivity contribution in [3.05, 3.63) is 35.7 Å². The normalized spacial score (nSPS) is 10.5. The van der Waals surface area contributed by atoms with Crippen LogP contribution in [0.15, 0.2) is 24.4 Å². The Hall–Kier alpha value is -2.04. The molecule has 102 valence electrons. The van der Waals surface area contributed by atoms with Crippen molar-refractivity contribution < 1.29 is 9.47 Å². The van der Waals surface area contributed by atoms with Gasteiger partial charge in [0.1, 0.15) is 11.5 Å². The molecular formula is C14H19N3O2. The number of hydrogen-bond donors (Lipinski definition) is 0. The van der Waals surface area contributed by atoms with Gasteiger partial charge in [-0.25, -0.2) is 0 Å². The van der Waals surface area contributed by atoms with Gasteiger partial charge in [-0.15, -0.1) is 5.10 Å². The highest BCUT2D eigenvalue weighted by molar-refractivity contribution is 5.40. The number of methoxy groups -OCH3 is 2. The minimum absolute atomic E-state index is 0.837. The zero-order valence-corrected chi connectivity index (χ0v) is 11.6. The van der Waals surface area contributed by atoms with Gasteiger partial charge in [0, 0.05) is 12.7 Å². The Morgan fingerprint density at radius 1 is 1.16 bits per heavy atom. The molecule has 1 aromatic carbocycles. The summed E-state index contributed by atoms with van der Waals surface area (Å²) in [5.41, 5.74) is 2.11. The molecule has 0 unspecified atom stereocenters. The van der Waals surface area contributed by atoms with Crippen LogP contribution in [0.5, 0.6) is 11.5 Å². The Balaban J connectivity index is 2.09. The smallest absolute Gasteiger partial charge is 0.122 e. The van der Waals surface area contributed by atoms with Gasteiger partial charge in [0.05, 0.1) is 19.9 Å². The van der Waals surface area contributed by atoms with E-state index in [4.69, 9.17) is 9.47 Å². The predicted octanol–water partition coefficient (Wildman–Crippen LogP) is 2.10. The lowest BCUT2D eigenvalue weighted by atomic mass is 10.1. The lowest BCUT2D eigenvalue weighted by Crippen LogP contribution is -1.97. The van der Waals surface area contributed by atoms with E-state index >= 15 is 0 Å². The Kier molecular flexibility index (Phi) is 4.39. The van der Waals surface area contributed by atoms with E-state index in [1.165, 1.54) is 0 Å². The van der Waals surface area contributed by atoms with Crippen LogP contribution in [-0.2, 0) is 19.4 Å². The molecule has 19 heavy (non-hydrogen) atoms. The van der Waals surface area contributed by atoms with Crippen LogP contribution in [0.1, 0.15) is 18.2 Å². The maximum absolute atomic E-state index is 5.36. The minimum Gasteiger partial charge on any atom is -0.497 e. The van der Waals surface area contributed by atoms with E-state index in [1.54, 1.807) is 14.2 Å². The van der Waals surface area contributed by atoms with E-state index in [9.17, 15) is 0 Å². The number of aromatic nitrogens is 3. The third kappa shape index (κ3) is 3.24. The summed E-state index contributed by atoms with van der Waals surface area (Å²) in [6.45, 7) is 2.89. The molecule has 0 aliphatic rings. The lowest BCUT2D eigenvalue weighted by molar-refractivity contribution is 0.398. The molecule has 1 heterocycles. The van der Waals surface area contributed by atoms with Crippen molar-refractivity contribution in [3.63, 3.8) is 0 Å². The van der Waals surface area contributed by atoms with Crippen molar-refractivity contribution in [1.29, 1.82) is 0 Å². The Morgan fingerprint density at radius 3 is 2.63 bits per heavy atom. The van der Waals surface area contributed by atoms with Crippen LogP contribution < -0.4 is 9.47 Å². The molecule has 0 aliphatic carbocycles. The zero-order chi connectivity index (χ0) is 13.7. The average Bonchev–Trinajstić information content (AvgIpc) is 2.92. The zero-order valence-electron chi connectivity index (χ0n) is 11.6. The molecule has 0 N–H and O–H groups in total. The summed E-state index contributed by atoms with van der Waals surface area (Å²) in [5.74, 6) is 1.72. The molecule has 0 saturated heterocycles. The second-order valence-corrected chi connectivity index (χ2v) is 4.24. The molecule has 5 nitrogen and oxygen atoms in total. The molecule has 2 aromatic rings. The number of aryl methyl sites for hydroxylation is 3. The first kappa shape index (κ1) is 13.4. The molecule has 0 fully saturated rings. The van der Waals surface area contributed by atoms with Crippen molar-refractivity contribution in [2.45, 2.75) is 26.3 Å². The van der Waals surface area contributed by atoms with E-state index in [2.05, 4.69) is 10.3 Å². The van der Waals surface area contributed by atoms with Crippen molar-refractivity contribution in [3.8, 4) is 11.5 Å². The van der Waals surface area contributed by atoms with Gasteiger partial charge in [0.2, 0.25) is 0 Å². The summed E-state index contributed by atoms with van der Waals surface area (Å²) < 4.78 is 12.4. The molecule has 0 amide bonds. The third-order valence-corrected chi connectivity index (χ3v) is 3.05. The molecule has 1 aromatic heterocycles. The Bertz CT molecular complexity index is 537. The van der Waals surface area contributed by atoms with Gasteiger partial charge < -0.3 is 9.47 Å². The molecule has 0 aliphatic heterocycles. The third-order valence-electron chi connectivity index (χ3n) is 3.05. The van der Waals surface area contributed by atoms with Crippen molar-refractivity contribution in [2.75, 3.05) is 14.2 Å². The lowest BCUT2D eigenvalue weighted by Gasteiger charge is -2.09. The maximum Gasteiger partial charge on any atom is 0.122 e. The summed E-state index contributed by atoms with van der Waals surface area (Å²) in [6, 6.07) is 5.83. The second kappa shape index (κ2) is 6.22. The molecule has 0 atom stereocenters. The van der Waals surface area contributed by atoms with Crippen LogP contribution in [-0.4, -0.2) is 29.2 Å². The first-order valence-corrected chi connectivity index (χ1v) is 6.36. The van der Waals surface area contributed by atoms with Crippen LogP contribution in [0.3, 0.4) is 0 Å². The van der Waals surface area contributed by atoms with Crippen LogP contribution >= 0.6 is 0 Å². The molecule has 2 rings (SSSR count). The van der Waals surface area contributed by atoms with Gasteiger partial charge in [0.25, 0.3) is 0 Å². The van der Waals surface area contributed by atoms with Gasteiger partial charge in [-0.2, -0.15) is 0 Å². The monoisotopic (exact) mass is 261 g/mol. The molecule has 5 heteroatoms. The van der Waals surface area contributed by atoms with Gasteiger partial charge in [-0.1, -0.05) is 5.21 Å². The number of ether oxygens (including phenoxy) is 2. The first-order chi connectivity index (χ1) is 9.26. The first-order valence-electron chi connectivity index (χ1n) is 6.36. The quantitative estimate of drug-likeness (QED) is 0.799. The van der Waals surface area contributed by atoms with E-state index in [0.717, 1.165) is 42.1 Å². The second-order valence-electron chi connectivity index (χ2n) is 4.24. The molecular weight excluding hydrogens is 242 g/mol. The Labute approximate surface area is 113 Å². The SMILES string of the molecule is CCn1cc(CCc2cc(OC)ccc2OC)nn1. The summed E-state index contributed by atoms with van der Waals surface area (Å²) in [7, 11) is 3.34. The standard InChI is InChI=1S/C14H19N3O2/c1-4-17-10-12(15-16-17)6-5-11-9-13(18-2)7-8-14(11)19-3/h7-10H,4-6H2,1-3H3. The van der Waals surface area contributed by atoms with E-state index < -0.39 is 0 Å². The number of nitrogens with zero attached hydrogens (tertiary/aromatic N) is 3. The van der Waals surface area contributed by atoms with Crippen LogP contribution in [0.2, 0.25) is 0 Å². The van der Waals surface area contributed by atoms with Gasteiger partial charge in [-0.3, -0.25) is 4.68 Å². The Morgan fingerprint density at radius 2 is 2.00 bits per heavy atom. The van der Waals surface area contributed by atoms with E-state index in [-0.39, 0.29) is 0 Å². The fourth-order valence-corrected chi connectivity index (χ4v) is 1.95. The van der Waals surface area contributed by atoms with Gasteiger partial charge >= 0.3 is 0 Å². The van der Waals surface area contributed by atoms with Gasteiger partial charge in [0.15, 0.2) is 0 Å². The number of hydrogen-bond acceptors (Lipinski definition) is 4. The van der Waals surface area contributed by atoms with Crippen LogP contribution in [0.25, 0.3) is 0 Å². The highest BCUT2D eigenvalue weighted by Crippen LogP contribution is 2.25. The highest BCUT2D eigenvalue weighted by Gasteiger charge is 2.07. The topological polar surface area (TPSA) is 49.2 Å². The predicted molar refractivity (Wildman–Crippen MR) is 72.7 cm³/mol. The maximum atomic E-state index is 5.36. The van der Waals surface area contributed by atoms with Crippen molar-refractivity contribution >= 4 is 0 Å². The van der Waals surface area contributed by atoms with Crippen LogP contribution in [0, 0.1) is 0 Å². The molecule has 0 saturated carbocycles. The number of rotatable bonds is 6. The van der Waals surface area contributed by atoms with Crippen LogP contribution in [0.4, 0.5) is 0 Å². The molecule has 0 bridgehead atoms. The van der Waals surface area contributed by atoms with E-state index in [1.807, 2.05) is 36.0 Å². The highest BCUT2D eigenvalue weighted by atomic mass is 16.5. The minimum atomic E-state index is 0.837.